The molecule has 1 saturated carbocycles. The maximum Gasteiger partial charge on any atom is 0.306 e. The summed E-state index contributed by atoms with van der Waals surface area (Å²) in [6.45, 7) is 1.78. The summed E-state index contributed by atoms with van der Waals surface area (Å²) >= 11 is 0. The molecule has 0 aromatic heterocycles. The number of benzene rings is 1. The smallest absolute Gasteiger partial charge is 0.306 e. The lowest BCUT2D eigenvalue weighted by Crippen LogP contribution is -2.22. The van der Waals surface area contributed by atoms with Crippen LogP contribution in [0.2, 0.25) is 0 Å². The van der Waals surface area contributed by atoms with Crippen LogP contribution in [-0.4, -0.2) is 11.1 Å². The molecule has 3 heteroatoms. The van der Waals surface area contributed by atoms with Crippen molar-refractivity contribution in [2.24, 2.45) is 11.8 Å². The van der Waals surface area contributed by atoms with Gasteiger partial charge in [0.1, 0.15) is 5.82 Å². The number of hydrogen-bond acceptors (Lipinski definition) is 1. The number of carboxylic acids is 1. The number of hydrogen-bond donors (Lipinski definition) is 1. The standard InChI is InChI=1S/C15H19FO2/c1-10-8-12(4-7-14(10)16)9-11-2-5-13(6-3-11)15(17)18/h4,7-8,11,13H,2-3,5-6,9H2,1H3,(H,17,18). The third kappa shape index (κ3) is 3.09. The number of aliphatic carboxylic acids is 1. The minimum Gasteiger partial charge on any atom is -0.481 e. The fourth-order valence-corrected chi connectivity index (χ4v) is 2.78. The van der Waals surface area contributed by atoms with Crippen molar-refractivity contribution in [2.45, 2.75) is 39.0 Å². The van der Waals surface area contributed by atoms with E-state index in [2.05, 4.69) is 0 Å². The molecular weight excluding hydrogens is 231 g/mol. The number of carbonyl (C=O) groups is 1. The van der Waals surface area contributed by atoms with E-state index in [4.69, 9.17) is 5.11 Å². The van der Waals surface area contributed by atoms with Gasteiger partial charge in [-0.1, -0.05) is 12.1 Å². The second-order valence-electron chi connectivity index (χ2n) is 5.34. The van der Waals surface area contributed by atoms with Crippen molar-refractivity contribution < 1.29 is 14.3 Å². The predicted octanol–water partition coefficient (Wildman–Crippen LogP) is 3.57. The maximum atomic E-state index is 13.2. The molecule has 1 aliphatic carbocycles. The van der Waals surface area contributed by atoms with Crippen LogP contribution in [0.4, 0.5) is 4.39 Å². The third-order valence-corrected chi connectivity index (χ3v) is 3.94. The minimum atomic E-state index is -0.661. The normalized spacial score (nSPS) is 23.9. The third-order valence-electron chi connectivity index (χ3n) is 3.94. The highest BCUT2D eigenvalue weighted by atomic mass is 19.1. The first-order valence-electron chi connectivity index (χ1n) is 6.54. The summed E-state index contributed by atoms with van der Waals surface area (Å²) in [5.74, 6) is -0.430. The lowest BCUT2D eigenvalue weighted by Gasteiger charge is -2.26. The number of carboxylic acid groups (broad SMARTS) is 1. The van der Waals surface area contributed by atoms with Gasteiger partial charge in [0, 0.05) is 0 Å². The van der Waals surface area contributed by atoms with Crippen LogP contribution in [0.1, 0.15) is 36.8 Å². The minimum absolute atomic E-state index is 0.156. The van der Waals surface area contributed by atoms with Crippen molar-refractivity contribution in [1.29, 1.82) is 0 Å². The van der Waals surface area contributed by atoms with Gasteiger partial charge in [-0.05, 0) is 62.1 Å². The predicted molar refractivity (Wildman–Crippen MR) is 67.9 cm³/mol. The van der Waals surface area contributed by atoms with Gasteiger partial charge in [0.15, 0.2) is 0 Å². The van der Waals surface area contributed by atoms with E-state index in [-0.39, 0.29) is 11.7 Å². The molecule has 0 radical (unpaired) electrons. The first-order chi connectivity index (χ1) is 8.56. The monoisotopic (exact) mass is 250 g/mol. The quantitative estimate of drug-likeness (QED) is 0.890. The van der Waals surface area contributed by atoms with Crippen molar-refractivity contribution >= 4 is 5.97 Å². The molecule has 0 aliphatic heterocycles. The number of halogens is 1. The molecule has 98 valence electrons. The topological polar surface area (TPSA) is 37.3 Å². The second-order valence-corrected chi connectivity index (χ2v) is 5.34. The Bertz CT molecular complexity index is 434. The Morgan fingerprint density at radius 2 is 2.00 bits per heavy atom. The molecule has 18 heavy (non-hydrogen) atoms. The largest absolute Gasteiger partial charge is 0.481 e. The van der Waals surface area contributed by atoms with Gasteiger partial charge >= 0.3 is 5.97 Å². The lowest BCUT2D eigenvalue weighted by molar-refractivity contribution is -0.143. The molecule has 1 aromatic carbocycles. The van der Waals surface area contributed by atoms with Gasteiger partial charge in [0.25, 0.3) is 0 Å². The van der Waals surface area contributed by atoms with Crippen molar-refractivity contribution in [3.05, 3.63) is 35.1 Å². The summed E-state index contributed by atoms with van der Waals surface area (Å²) in [7, 11) is 0. The molecule has 0 bridgehead atoms. The van der Waals surface area contributed by atoms with Crippen LogP contribution in [0.25, 0.3) is 0 Å². The van der Waals surface area contributed by atoms with Crippen LogP contribution in [0.5, 0.6) is 0 Å². The molecule has 0 amide bonds. The fourth-order valence-electron chi connectivity index (χ4n) is 2.78. The summed E-state index contributed by atoms with van der Waals surface area (Å²) in [5.41, 5.74) is 1.85. The Hall–Kier alpha value is -1.38. The van der Waals surface area contributed by atoms with Crippen molar-refractivity contribution in [3.8, 4) is 0 Å². The summed E-state index contributed by atoms with van der Waals surface area (Å²) in [6, 6.07) is 5.26. The van der Waals surface area contributed by atoms with Crippen LogP contribution in [-0.2, 0) is 11.2 Å². The highest BCUT2D eigenvalue weighted by Gasteiger charge is 2.25. The van der Waals surface area contributed by atoms with Gasteiger partial charge in [0.2, 0.25) is 0 Å². The fraction of sp³-hybridized carbons (Fsp3) is 0.533. The van der Waals surface area contributed by atoms with Gasteiger partial charge in [-0.25, -0.2) is 4.39 Å². The molecule has 1 N–H and O–H groups in total. The van der Waals surface area contributed by atoms with Gasteiger partial charge in [-0.15, -0.1) is 0 Å². The van der Waals surface area contributed by atoms with E-state index in [1.807, 2.05) is 12.1 Å². The molecule has 0 spiro atoms. The van der Waals surface area contributed by atoms with E-state index in [0.29, 0.717) is 11.5 Å². The molecule has 1 aromatic rings. The molecule has 1 aliphatic rings. The summed E-state index contributed by atoms with van der Waals surface area (Å²) < 4.78 is 13.2. The summed E-state index contributed by atoms with van der Waals surface area (Å²) in [4.78, 5) is 10.9. The van der Waals surface area contributed by atoms with Crippen LogP contribution in [0.15, 0.2) is 18.2 Å². The summed E-state index contributed by atoms with van der Waals surface area (Å²) in [5, 5.41) is 8.94. The zero-order valence-corrected chi connectivity index (χ0v) is 10.7. The van der Waals surface area contributed by atoms with Crippen molar-refractivity contribution in [2.75, 3.05) is 0 Å². The van der Waals surface area contributed by atoms with Crippen LogP contribution < -0.4 is 0 Å². The Morgan fingerprint density at radius 1 is 1.33 bits per heavy atom. The van der Waals surface area contributed by atoms with Gasteiger partial charge < -0.3 is 5.11 Å². The molecule has 1 fully saturated rings. The first-order valence-corrected chi connectivity index (χ1v) is 6.54. The Kier molecular flexibility index (Phi) is 4.00. The van der Waals surface area contributed by atoms with E-state index in [9.17, 15) is 9.18 Å². The van der Waals surface area contributed by atoms with Crippen molar-refractivity contribution in [3.63, 3.8) is 0 Å². The van der Waals surface area contributed by atoms with E-state index < -0.39 is 5.97 Å². The molecule has 2 rings (SSSR count). The van der Waals surface area contributed by atoms with E-state index in [0.717, 1.165) is 37.7 Å². The Balaban J connectivity index is 1.91. The molecule has 0 unspecified atom stereocenters. The second kappa shape index (κ2) is 5.51. The highest BCUT2D eigenvalue weighted by Crippen LogP contribution is 2.31. The maximum absolute atomic E-state index is 13.2. The van der Waals surface area contributed by atoms with Crippen LogP contribution in [0, 0.1) is 24.6 Å². The summed E-state index contributed by atoms with van der Waals surface area (Å²) in [6.07, 6.45) is 4.43. The van der Waals surface area contributed by atoms with Crippen molar-refractivity contribution in [1.82, 2.24) is 0 Å². The van der Waals surface area contributed by atoms with Crippen LogP contribution in [0.3, 0.4) is 0 Å². The molecule has 0 saturated heterocycles. The molecule has 2 nitrogen and oxygen atoms in total. The number of aryl methyl sites for hydroxylation is 1. The van der Waals surface area contributed by atoms with Crippen LogP contribution >= 0.6 is 0 Å². The van der Waals surface area contributed by atoms with Gasteiger partial charge in [-0.2, -0.15) is 0 Å². The average Bonchev–Trinajstić information content (AvgIpc) is 2.34. The lowest BCUT2D eigenvalue weighted by atomic mass is 9.79. The SMILES string of the molecule is Cc1cc(CC2CCC(C(=O)O)CC2)ccc1F. The van der Waals surface area contributed by atoms with E-state index in [1.54, 1.807) is 6.92 Å². The molecule has 0 atom stereocenters. The highest BCUT2D eigenvalue weighted by molar-refractivity contribution is 5.69. The van der Waals surface area contributed by atoms with Gasteiger partial charge in [-0.3, -0.25) is 4.79 Å². The zero-order valence-electron chi connectivity index (χ0n) is 10.7. The zero-order chi connectivity index (χ0) is 13.1. The molecular formula is C15H19FO2. The molecule has 0 heterocycles. The Morgan fingerprint density at radius 3 is 2.56 bits per heavy atom. The van der Waals surface area contributed by atoms with E-state index >= 15 is 0 Å². The number of rotatable bonds is 3. The Labute approximate surface area is 107 Å². The van der Waals surface area contributed by atoms with E-state index in [1.165, 1.54) is 6.07 Å². The van der Waals surface area contributed by atoms with Gasteiger partial charge in [0.05, 0.1) is 5.92 Å². The first kappa shape index (κ1) is 13.1. The average molecular weight is 250 g/mol.